The third kappa shape index (κ3) is 6.27. The van der Waals surface area contributed by atoms with Crippen molar-refractivity contribution in [3.8, 4) is 0 Å². The molecule has 118 valence electrons. The van der Waals surface area contributed by atoms with E-state index >= 15 is 0 Å². The largest absolute Gasteiger partial charge is 0.328 e. The van der Waals surface area contributed by atoms with E-state index in [0.717, 1.165) is 25.5 Å². The molecule has 0 radical (unpaired) electrons. The number of anilines is 1. The number of carbonyl (C=O) groups is 1. The maximum absolute atomic E-state index is 12.1. The van der Waals surface area contributed by atoms with Crippen molar-refractivity contribution in [2.75, 3.05) is 11.6 Å². The van der Waals surface area contributed by atoms with Gasteiger partial charge in [0.1, 0.15) is 0 Å². The highest BCUT2D eigenvalue weighted by molar-refractivity contribution is 7.90. The third-order valence-corrected chi connectivity index (χ3v) is 4.38. The summed E-state index contributed by atoms with van der Waals surface area (Å²) in [6, 6.07) is 6.43. The van der Waals surface area contributed by atoms with Crippen molar-refractivity contribution in [2.24, 2.45) is 11.7 Å². The number of carbonyl (C=O) groups excluding carboxylic acids is 1. The quantitative estimate of drug-likeness (QED) is 0.807. The van der Waals surface area contributed by atoms with E-state index in [-0.39, 0.29) is 22.8 Å². The van der Waals surface area contributed by atoms with Crippen LogP contribution in [0.2, 0.25) is 0 Å². The predicted molar refractivity (Wildman–Crippen MR) is 84.8 cm³/mol. The molecule has 0 fully saturated rings. The summed E-state index contributed by atoms with van der Waals surface area (Å²) >= 11 is 0. The molecule has 0 aromatic heterocycles. The Kier molecular flexibility index (Phi) is 6.36. The smallest absolute Gasteiger partial charge is 0.227 e. The van der Waals surface area contributed by atoms with Gasteiger partial charge in [-0.25, -0.2) is 8.42 Å². The number of hydrogen-bond acceptors (Lipinski definition) is 4. The first-order valence-corrected chi connectivity index (χ1v) is 8.96. The summed E-state index contributed by atoms with van der Waals surface area (Å²) < 4.78 is 23.0. The van der Waals surface area contributed by atoms with Crippen molar-refractivity contribution < 1.29 is 13.2 Å². The summed E-state index contributed by atoms with van der Waals surface area (Å²) in [5.41, 5.74) is 6.18. The molecule has 3 N–H and O–H groups in total. The van der Waals surface area contributed by atoms with Crippen LogP contribution in [0.5, 0.6) is 0 Å². The maximum atomic E-state index is 12.1. The van der Waals surface area contributed by atoms with Crippen LogP contribution in [-0.2, 0) is 14.6 Å². The highest BCUT2D eigenvalue weighted by atomic mass is 32.2. The van der Waals surface area contributed by atoms with Crippen molar-refractivity contribution in [2.45, 2.75) is 44.0 Å². The fraction of sp³-hybridized carbons (Fsp3) is 0.533. The lowest BCUT2D eigenvalue weighted by Gasteiger charge is -2.13. The lowest BCUT2D eigenvalue weighted by atomic mass is 10.0. The van der Waals surface area contributed by atoms with Gasteiger partial charge < -0.3 is 11.1 Å². The van der Waals surface area contributed by atoms with Gasteiger partial charge in [-0.1, -0.05) is 19.4 Å². The second-order valence-electron chi connectivity index (χ2n) is 5.60. The monoisotopic (exact) mass is 312 g/mol. The van der Waals surface area contributed by atoms with Crippen LogP contribution in [0.25, 0.3) is 0 Å². The molecule has 1 aromatic carbocycles. The zero-order valence-corrected chi connectivity index (χ0v) is 13.6. The maximum Gasteiger partial charge on any atom is 0.227 e. The third-order valence-electron chi connectivity index (χ3n) is 3.27. The van der Waals surface area contributed by atoms with Gasteiger partial charge in [0, 0.05) is 23.9 Å². The van der Waals surface area contributed by atoms with Gasteiger partial charge in [0.25, 0.3) is 0 Å². The molecule has 0 aliphatic rings. The Hall–Kier alpha value is -1.40. The van der Waals surface area contributed by atoms with Gasteiger partial charge in [-0.2, -0.15) is 0 Å². The molecular formula is C15H24N2O3S. The lowest BCUT2D eigenvalue weighted by Crippen LogP contribution is -2.21. The van der Waals surface area contributed by atoms with Crippen molar-refractivity contribution in [1.82, 2.24) is 0 Å². The average molecular weight is 312 g/mol. The molecule has 0 spiro atoms. The van der Waals surface area contributed by atoms with E-state index in [9.17, 15) is 13.2 Å². The lowest BCUT2D eigenvalue weighted by molar-refractivity contribution is -0.119. The van der Waals surface area contributed by atoms with E-state index in [4.69, 9.17) is 5.73 Å². The van der Waals surface area contributed by atoms with Crippen LogP contribution in [0, 0.1) is 5.92 Å². The summed E-state index contributed by atoms with van der Waals surface area (Å²) in [6.45, 7) is 3.80. The zero-order chi connectivity index (χ0) is 16.0. The first-order chi connectivity index (χ1) is 9.70. The molecule has 0 heterocycles. The molecule has 2 unspecified atom stereocenters. The van der Waals surface area contributed by atoms with Gasteiger partial charge in [0.2, 0.25) is 5.91 Å². The Morgan fingerprint density at radius 2 is 1.95 bits per heavy atom. The second-order valence-corrected chi connectivity index (χ2v) is 7.61. The Labute approximate surface area is 126 Å². The van der Waals surface area contributed by atoms with Crippen molar-refractivity contribution >= 4 is 21.4 Å². The first kappa shape index (κ1) is 17.7. The van der Waals surface area contributed by atoms with Crippen LogP contribution in [0.4, 0.5) is 5.69 Å². The van der Waals surface area contributed by atoms with Crippen molar-refractivity contribution in [1.29, 1.82) is 0 Å². The van der Waals surface area contributed by atoms with Crippen LogP contribution < -0.4 is 11.1 Å². The molecule has 5 nitrogen and oxygen atoms in total. The summed E-state index contributed by atoms with van der Waals surface area (Å²) in [5, 5.41) is 2.76. The molecule has 0 bridgehead atoms. The average Bonchev–Trinajstić information content (AvgIpc) is 2.37. The van der Waals surface area contributed by atoms with Gasteiger partial charge >= 0.3 is 0 Å². The predicted octanol–water partition coefficient (Wildman–Crippen LogP) is 2.18. The second kappa shape index (κ2) is 7.56. The number of hydrogen-bond donors (Lipinski definition) is 2. The number of sulfone groups is 1. The fourth-order valence-corrected chi connectivity index (χ4v) is 2.61. The van der Waals surface area contributed by atoms with Crippen molar-refractivity contribution in [3.63, 3.8) is 0 Å². The Bertz CT molecular complexity index is 582. The minimum atomic E-state index is -3.27. The van der Waals surface area contributed by atoms with Gasteiger partial charge in [-0.15, -0.1) is 0 Å². The molecule has 6 heteroatoms. The number of benzene rings is 1. The molecular weight excluding hydrogens is 288 g/mol. The highest BCUT2D eigenvalue weighted by Crippen LogP contribution is 2.17. The normalized spacial score (nSPS) is 14.5. The van der Waals surface area contributed by atoms with Crippen LogP contribution in [-0.4, -0.2) is 26.6 Å². The van der Waals surface area contributed by atoms with E-state index in [2.05, 4.69) is 5.32 Å². The number of rotatable bonds is 7. The topological polar surface area (TPSA) is 89.3 Å². The Morgan fingerprint density at radius 1 is 1.29 bits per heavy atom. The van der Waals surface area contributed by atoms with Crippen LogP contribution >= 0.6 is 0 Å². The van der Waals surface area contributed by atoms with Gasteiger partial charge in [0.15, 0.2) is 9.84 Å². The minimum Gasteiger partial charge on any atom is -0.328 e. The number of nitrogens with one attached hydrogen (secondary N) is 1. The molecule has 21 heavy (non-hydrogen) atoms. The van der Waals surface area contributed by atoms with Crippen LogP contribution in [0.15, 0.2) is 29.2 Å². The number of nitrogens with two attached hydrogens (primary N) is 1. The first-order valence-electron chi connectivity index (χ1n) is 7.06. The fourth-order valence-electron chi connectivity index (χ4n) is 1.95. The summed E-state index contributed by atoms with van der Waals surface area (Å²) in [5.74, 6) is -0.240. The van der Waals surface area contributed by atoms with Crippen LogP contribution in [0.3, 0.4) is 0 Å². The molecule has 0 saturated carbocycles. The number of amides is 1. The summed E-state index contributed by atoms with van der Waals surface area (Å²) in [6.07, 6.45) is 3.69. The molecule has 0 saturated heterocycles. The Morgan fingerprint density at radius 3 is 2.52 bits per heavy atom. The molecule has 1 amide bonds. The highest BCUT2D eigenvalue weighted by Gasteiger charge is 2.14. The van der Waals surface area contributed by atoms with Crippen molar-refractivity contribution in [3.05, 3.63) is 24.3 Å². The van der Waals surface area contributed by atoms with Crippen LogP contribution in [0.1, 0.15) is 33.1 Å². The standard InChI is InChI=1S/C15H24N2O3S/c1-11(6-4-7-12(2)16)15(18)17-13-8-5-9-14(10-13)21(3,19)20/h5,8-12H,4,6-7,16H2,1-3H3,(H,17,18). The summed E-state index contributed by atoms with van der Waals surface area (Å²) in [4.78, 5) is 12.3. The van der Waals surface area contributed by atoms with E-state index < -0.39 is 9.84 Å². The molecule has 1 rings (SSSR count). The van der Waals surface area contributed by atoms with E-state index in [0.29, 0.717) is 5.69 Å². The Balaban J connectivity index is 2.62. The van der Waals surface area contributed by atoms with Gasteiger partial charge in [-0.3, -0.25) is 4.79 Å². The summed E-state index contributed by atoms with van der Waals surface area (Å²) in [7, 11) is -3.27. The van der Waals surface area contributed by atoms with E-state index in [1.54, 1.807) is 12.1 Å². The van der Waals surface area contributed by atoms with E-state index in [1.807, 2.05) is 13.8 Å². The van der Waals surface area contributed by atoms with E-state index in [1.165, 1.54) is 12.1 Å². The minimum absolute atomic E-state index is 0.106. The van der Waals surface area contributed by atoms with Gasteiger partial charge in [-0.05, 0) is 38.0 Å². The SMILES string of the molecule is CC(N)CCCC(C)C(=O)Nc1cccc(S(C)(=O)=O)c1. The molecule has 0 aliphatic heterocycles. The molecule has 2 atom stereocenters. The zero-order valence-electron chi connectivity index (χ0n) is 12.8. The van der Waals surface area contributed by atoms with Gasteiger partial charge in [0.05, 0.1) is 4.90 Å². The molecule has 1 aromatic rings. The molecule has 0 aliphatic carbocycles.